The number of carbonyl (C=O) groups is 17. The van der Waals surface area contributed by atoms with Crippen molar-refractivity contribution in [3.05, 3.63) is 132 Å². The number of aliphatic hydroxyl groups is 1. The zero-order valence-corrected chi connectivity index (χ0v) is 79.3. The second-order valence-electron chi connectivity index (χ2n) is 34.9. The van der Waals surface area contributed by atoms with Crippen LogP contribution in [0.1, 0.15) is 147 Å². The molecular weight excluding hydrogens is 1800 g/mol. The summed E-state index contributed by atoms with van der Waals surface area (Å²) in [5.41, 5.74) is 19.3. The number of aromatic hydroxyl groups is 1. The molecule has 3 aromatic heterocycles. The topological polar surface area (TPSA) is 626 Å². The van der Waals surface area contributed by atoms with Gasteiger partial charge in [0.25, 0.3) is 5.91 Å². The summed E-state index contributed by atoms with van der Waals surface area (Å²) in [7, 11) is 3.93. The number of carbonyl (C=O) groups excluding carboxylic acids is 17. The van der Waals surface area contributed by atoms with Crippen molar-refractivity contribution in [1.82, 2.24) is 97.9 Å². The Morgan fingerprint density at radius 2 is 1.12 bits per heavy atom. The maximum atomic E-state index is 15.8. The number of nitrogens with one attached hydrogen (secondary N) is 14. The first-order chi connectivity index (χ1) is 64.8. The minimum atomic E-state index is -2.07. The number of primary amides is 2. The number of hydrogen-bond acceptors (Lipinski definition) is 23. The van der Waals surface area contributed by atoms with E-state index in [0.717, 1.165) is 36.1 Å². The number of para-hydroxylation sites is 1. The van der Waals surface area contributed by atoms with E-state index < -0.39 is 221 Å². The van der Waals surface area contributed by atoms with Crippen LogP contribution in [0.3, 0.4) is 0 Å². The number of benzene rings is 3. The van der Waals surface area contributed by atoms with Crippen LogP contribution in [0.15, 0.2) is 109 Å². The number of nitrogens with zero attached hydrogens (tertiary/aromatic N) is 6. The number of thioether (sulfide) groups is 1. The monoisotopic (exact) mass is 1920 g/mol. The van der Waals surface area contributed by atoms with Crippen LogP contribution in [0.4, 0.5) is 0 Å². The number of H-pyrrole nitrogens is 2. The number of rotatable bonds is 26. The SMILES string of the molecule is C=C(O)[C@@H]1NC(=O)[C@H](Cc2c[nH]c3ccccc23)NC(=O)[C@@H]2CCCN2C(=O)[C@H](CC(C)C)NC(=O)[C@H](Cc2cnc[nH]2)NC(=O)[C@@H]2CCCN2C(=O)[C@H](CC(N)=O)NC(=O)[C@H](C)N(C)C(=O)[C@H](Cc2ccc(O)cc2)NC(=O)CSCC(C(=O)NCC(N)=O)NC(=O)[C@H](CCCNC(=N)N)NC(=O)[C@H](CCCC)N(C)C(=O)[C@H](CCCC)N(C)C(=O)[C@H](Cc2csc3ccccc23)NC1=O. The van der Waals surface area contributed by atoms with Crippen molar-refractivity contribution in [1.29, 1.82) is 5.41 Å². The molecule has 6 aromatic rings. The van der Waals surface area contributed by atoms with E-state index in [4.69, 9.17) is 22.6 Å². The van der Waals surface area contributed by atoms with Gasteiger partial charge in [-0.05, 0) is 122 Å². The van der Waals surface area contributed by atoms with Gasteiger partial charge in [0.15, 0.2) is 12.0 Å². The first-order valence-corrected chi connectivity index (χ1v) is 47.6. The van der Waals surface area contributed by atoms with E-state index in [1.165, 1.54) is 81.1 Å². The first-order valence-electron chi connectivity index (χ1n) is 45.5. The van der Waals surface area contributed by atoms with E-state index in [1.54, 1.807) is 55.8 Å². The molecule has 3 fully saturated rings. The highest BCUT2D eigenvalue weighted by atomic mass is 32.2. The van der Waals surface area contributed by atoms with Crippen molar-refractivity contribution >= 4 is 150 Å². The van der Waals surface area contributed by atoms with Crippen LogP contribution < -0.4 is 75.7 Å². The van der Waals surface area contributed by atoms with Crippen molar-refractivity contribution in [3.8, 4) is 5.75 Å². The Morgan fingerprint density at radius 1 is 0.566 bits per heavy atom. The average Bonchev–Trinajstić information content (AvgIpc) is 1.61. The van der Waals surface area contributed by atoms with E-state index in [0.29, 0.717) is 64.4 Å². The molecule has 736 valence electrons. The third-order valence-corrected chi connectivity index (χ3v) is 26.3. The molecular formula is C92H127N23O19S2. The summed E-state index contributed by atoms with van der Waals surface area (Å²) in [6.07, 6.45) is 4.43. The van der Waals surface area contributed by atoms with Crippen molar-refractivity contribution in [3.63, 3.8) is 0 Å². The van der Waals surface area contributed by atoms with Gasteiger partial charge in [0.2, 0.25) is 94.5 Å². The predicted molar refractivity (Wildman–Crippen MR) is 507 cm³/mol. The third kappa shape index (κ3) is 29.4. The first kappa shape index (κ1) is 106. The van der Waals surface area contributed by atoms with Crippen molar-refractivity contribution in [2.24, 2.45) is 23.1 Å². The molecule has 0 bridgehead atoms. The van der Waals surface area contributed by atoms with Crippen molar-refractivity contribution in [2.75, 3.05) is 58.8 Å². The van der Waals surface area contributed by atoms with E-state index >= 15 is 38.4 Å². The Labute approximate surface area is 795 Å². The summed E-state index contributed by atoms with van der Waals surface area (Å²) in [5.74, 6) is -18.5. The van der Waals surface area contributed by atoms with Crippen LogP contribution >= 0.6 is 23.1 Å². The fourth-order valence-electron chi connectivity index (χ4n) is 16.7. The molecule has 0 saturated carbocycles. The van der Waals surface area contributed by atoms with Gasteiger partial charge in [-0.25, -0.2) is 4.98 Å². The van der Waals surface area contributed by atoms with E-state index in [-0.39, 0.29) is 115 Å². The Bertz CT molecular complexity index is 5300. The summed E-state index contributed by atoms with van der Waals surface area (Å²) in [4.78, 5) is 267. The van der Waals surface area contributed by atoms with Gasteiger partial charge in [0, 0.05) is 106 Å². The van der Waals surface area contributed by atoms with Crippen LogP contribution in [-0.2, 0) is 107 Å². The highest BCUT2D eigenvalue weighted by Gasteiger charge is 2.46. The fourth-order valence-corrected chi connectivity index (χ4v) is 18.6. The summed E-state index contributed by atoms with van der Waals surface area (Å²) < 4.78 is 0.810. The van der Waals surface area contributed by atoms with Crippen LogP contribution in [0.5, 0.6) is 5.75 Å². The van der Waals surface area contributed by atoms with E-state index in [2.05, 4.69) is 80.0 Å². The van der Waals surface area contributed by atoms with Crippen LogP contribution in [0, 0.1) is 11.3 Å². The number of likely N-dealkylation sites (N-methyl/N-ethyl adjacent to an activating group) is 3. The van der Waals surface area contributed by atoms with E-state index in [9.17, 15) is 53.4 Å². The van der Waals surface area contributed by atoms with Crippen LogP contribution in [0.2, 0.25) is 0 Å². The number of phenols is 1. The highest BCUT2D eigenvalue weighted by Crippen LogP contribution is 2.30. The normalized spacial score (nSPS) is 24.1. The molecule has 42 nitrogen and oxygen atoms in total. The summed E-state index contributed by atoms with van der Waals surface area (Å²) >= 11 is 2.11. The number of imidazole rings is 1. The summed E-state index contributed by atoms with van der Waals surface area (Å²) in [6, 6.07) is -1.63. The van der Waals surface area contributed by atoms with Gasteiger partial charge in [-0.15, -0.1) is 23.1 Å². The number of nitrogens with two attached hydrogens (primary N) is 3. The molecule has 136 heavy (non-hydrogen) atoms. The number of amides is 17. The molecule has 9 rings (SSSR count). The molecule has 0 spiro atoms. The van der Waals surface area contributed by atoms with E-state index in [1.807, 2.05) is 32.0 Å². The Hall–Kier alpha value is -13.7. The van der Waals surface area contributed by atoms with Gasteiger partial charge in [0.1, 0.15) is 90.1 Å². The molecule has 3 aliphatic heterocycles. The molecule has 1 unspecified atom stereocenters. The van der Waals surface area contributed by atoms with Crippen LogP contribution in [0.25, 0.3) is 21.0 Å². The average molecular weight is 1920 g/mol. The van der Waals surface area contributed by atoms with Crippen molar-refractivity contribution < 1.29 is 91.7 Å². The summed E-state index contributed by atoms with van der Waals surface area (Å²) in [6.45, 7) is 11.4. The second kappa shape index (κ2) is 50.6. The molecule has 3 aliphatic rings. The molecule has 0 aliphatic carbocycles. The molecule has 17 amide bonds. The largest absolute Gasteiger partial charge is 0.510 e. The molecule has 22 N–H and O–H groups in total. The molecule has 3 saturated heterocycles. The second-order valence-corrected chi connectivity index (χ2v) is 36.8. The minimum absolute atomic E-state index is 0.00234. The lowest BCUT2D eigenvalue weighted by Crippen LogP contribution is -2.61. The number of unbranched alkanes of at least 4 members (excludes halogenated alkanes) is 2. The molecule has 6 heterocycles. The maximum Gasteiger partial charge on any atom is 0.251 e. The summed E-state index contributed by atoms with van der Waals surface area (Å²) in [5, 5.41) is 62.0. The number of aromatic nitrogens is 3. The Morgan fingerprint density at radius 3 is 1.74 bits per heavy atom. The van der Waals surface area contributed by atoms with Gasteiger partial charge in [0.05, 0.1) is 25.0 Å². The molecule has 3 aromatic carbocycles. The lowest BCUT2D eigenvalue weighted by atomic mass is 9.99. The number of phenolic OH excluding ortho intramolecular Hbond substituents is 1. The standard InChI is InChI=1S/C92H127N23O19S2/c1-10-12-25-69-83(126)103-61(24-18-34-98-92(95)96)80(123)109-68(79(122)100-45-75(94)119)47-135-48-76(120)102-65(38-53-30-32-57(117)33-31-53)87(130)111(7)51(5)78(121)106-67(42-74(93)118)90(133)115-36-20-28-71(115)85(128)105-63(41-56-44-97-49-101-56)81(124)107-64(37-50(3)4)89(132)114-35-19-27-70(114)84(127)104-62(39-54-43-99-60-23-16-14-21-58(54)60)82(125)110-77(52(6)116)86(129)108-66(40-55-46-136-73-29-17-15-22-59(55)73)88(131)113(9)72(26-13-11-2)91(134)112(69)8/h14-17,21-23,29-33,43-44,46,49-51,61-72,77,99,116-117H,6,10-13,18-20,24-28,34-42,45,47-48H2,1-5,7-9H3,(H2,93,118)(H2,94,119)(H,97,101)(H,100,122)(H,102,120)(H,103,126)(H,104,127)(H,105,128)(H,106,121)(H,107,124)(H,108,129)(H,109,123)(H,110,125)(H4,95,96,98)/t51-,61-,62-,63-,64-,65-,66-,67-,68?,69-,70-,71-,72-,77-/m0/s1. The Kier molecular flexibility index (Phi) is 39.4. The highest BCUT2D eigenvalue weighted by molar-refractivity contribution is 8.00. The lowest BCUT2D eigenvalue weighted by molar-refractivity contribution is -0.149. The molecule has 14 atom stereocenters. The van der Waals surface area contributed by atoms with Gasteiger partial charge in [-0.1, -0.05) is 108 Å². The minimum Gasteiger partial charge on any atom is -0.510 e. The van der Waals surface area contributed by atoms with Gasteiger partial charge >= 0.3 is 0 Å². The zero-order chi connectivity index (χ0) is 99.3. The number of fused-ring (bicyclic) bond motifs is 4. The molecule has 0 radical (unpaired) electrons. The predicted octanol–water partition coefficient (Wildman–Crippen LogP) is -0.0868. The van der Waals surface area contributed by atoms with Gasteiger partial charge < -0.3 is 120 Å². The number of guanidine groups is 1. The van der Waals surface area contributed by atoms with Crippen molar-refractivity contribution in [2.45, 2.75) is 235 Å². The van der Waals surface area contributed by atoms with Crippen LogP contribution in [-0.4, -0.2) is 299 Å². The third-order valence-electron chi connectivity index (χ3n) is 24.2. The lowest BCUT2D eigenvalue weighted by Gasteiger charge is -2.36. The smallest absolute Gasteiger partial charge is 0.251 e. The van der Waals surface area contributed by atoms with Gasteiger partial charge in [-0.2, -0.15) is 0 Å². The number of hydrogen-bond donors (Lipinski definition) is 19. The zero-order valence-electron chi connectivity index (χ0n) is 77.6. The quantitative estimate of drug-likeness (QED) is 0.0146. The number of thiophene rings is 1. The Balaban J connectivity index is 1.10. The maximum absolute atomic E-state index is 15.8. The molecule has 44 heteroatoms. The number of aromatic amines is 2. The fraction of sp³-hybridized carbons (Fsp3) is 0.511. The van der Waals surface area contributed by atoms with Gasteiger partial charge in [-0.3, -0.25) is 86.9 Å². The number of aliphatic hydroxyl groups excluding tert-OH is 1.